The fraction of sp³-hybridized carbons (Fsp3) is 0.200. The van der Waals surface area contributed by atoms with Gasteiger partial charge in [0.1, 0.15) is 0 Å². The van der Waals surface area contributed by atoms with Gasteiger partial charge in [0.2, 0.25) is 15.2 Å². The van der Waals surface area contributed by atoms with Crippen molar-refractivity contribution in [1.82, 2.24) is 0 Å². The summed E-state index contributed by atoms with van der Waals surface area (Å²) in [5.41, 5.74) is 2.22. The van der Waals surface area contributed by atoms with Crippen molar-refractivity contribution < 1.29 is 0 Å². The average molecular weight is 868 g/mol. The lowest BCUT2D eigenvalue weighted by molar-refractivity contribution is 1.25. The molecule has 4 rings (SSSR count). The Bertz CT molecular complexity index is 1350. The summed E-state index contributed by atoms with van der Waals surface area (Å²) in [5, 5.41) is 3.96. The van der Waals surface area contributed by atoms with E-state index in [0.717, 1.165) is 21.2 Å². The summed E-state index contributed by atoms with van der Waals surface area (Å²) in [4.78, 5) is 0. The largest absolute Gasteiger partial charge is 0.216 e. The van der Waals surface area contributed by atoms with Crippen LogP contribution in [0.3, 0.4) is 0 Å². The number of hydrogen-bond acceptors (Lipinski definition) is 0. The van der Waals surface area contributed by atoms with Crippen LogP contribution in [-0.4, -0.2) is 12.3 Å². The second-order valence-corrected chi connectivity index (χ2v) is 23.3. The molecule has 0 aliphatic heterocycles. The van der Waals surface area contributed by atoms with E-state index in [4.69, 9.17) is 139 Å². The molecular weight excluding hydrogens is 848 g/mol. The first-order valence-corrected chi connectivity index (χ1v) is 20.2. The monoisotopic (exact) mass is 862 g/mol. The SMILES string of the molecule is ClC(Cl)(Cl)c1cccc(P(CCP(c2cccc(C(Cl)(Cl)Cl)c2)c2cccc(C(Cl)(Cl)Cl)c2)c2cccc(C(Cl)(Cl)Cl)c2)c1. The standard InChI is InChI=1S/C30H20Cl12P2/c31-27(32,33)19-5-1-9-23(15-19)43(24-10-2-6-20(16-24)28(34,35)36)13-14-44(25-11-3-7-21(17-25)29(37,38)39)26-12-4-8-22(18-26)30(40,41)42/h1-12,15-18H,13-14H2. The molecule has 0 saturated heterocycles. The lowest BCUT2D eigenvalue weighted by Crippen LogP contribution is -2.22. The van der Waals surface area contributed by atoms with Crippen LogP contribution in [0.15, 0.2) is 97.1 Å². The summed E-state index contributed by atoms with van der Waals surface area (Å²) in [5.74, 6) is 0. The number of alkyl halides is 12. The van der Waals surface area contributed by atoms with Crippen molar-refractivity contribution in [2.75, 3.05) is 12.3 Å². The molecule has 4 aromatic carbocycles. The van der Waals surface area contributed by atoms with E-state index < -0.39 is 31.0 Å². The van der Waals surface area contributed by atoms with E-state index in [9.17, 15) is 0 Å². The summed E-state index contributed by atoms with van der Waals surface area (Å²) in [6.45, 7) is 0. The van der Waals surface area contributed by atoms with E-state index in [1.54, 1.807) is 24.3 Å². The third-order valence-electron chi connectivity index (χ3n) is 6.49. The van der Waals surface area contributed by atoms with Crippen molar-refractivity contribution in [3.8, 4) is 0 Å². The summed E-state index contributed by atoms with van der Waals surface area (Å²) >= 11 is 75.4. The lowest BCUT2D eigenvalue weighted by Gasteiger charge is -2.26. The highest BCUT2D eigenvalue weighted by molar-refractivity contribution is 7.76. The number of halogens is 12. The zero-order chi connectivity index (χ0) is 32.5. The van der Waals surface area contributed by atoms with Gasteiger partial charge in [0, 0.05) is 22.3 Å². The molecule has 14 heteroatoms. The van der Waals surface area contributed by atoms with Gasteiger partial charge < -0.3 is 0 Å². The maximum absolute atomic E-state index is 6.28. The second-order valence-electron chi connectivity index (χ2n) is 9.50. The zero-order valence-corrected chi connectivity index (χ0v) is 32.9. The van der Waals surface area contributed by atoms with Crippen LogP contribution in [0, 0.1) is 0 Å². The minimum absolute atomic E-state index is 0.554. The Balaban J connectivity index is 1.84. The van der Waals surface area contributed by atoms with Crippen molar-refractivity contribution in [3.63, 3.8) is 0 Å². The Morgan fingerprint density at radius 1 is 0.341 bits per heavy atom. The van der Waals surface area contributed by atoms with Gasteiger partial charge in [-0.05, 0) is 73.7 Å². The van der Waals surface area contributed by atoms with Crippen LogP contribution in [0.4, 0.5) is 0 Å². The Labute approximate surface area is 319 Å². The molecular formula is C30H20Cl12P2. The first kappa shape index (κ1) is 38.0. The molecule has 0 heterocycles. The maximum Gasteiger partial charge on any atom is 0.216 e. The van der Waals surface area contributed by atoms with Crippen molar-refractivity contribution in [2.24, 2.45) is 0 Å². The normalized spacial score (nSPS) is 13.1. The van der Waals surface area contributed by atoms with Gasteiger partial charge in [-0.3, -0.25) is 0 Å². The van der Waals surface area contributed by atoms with Crippen LogP contribution < -0.4 is 21.2 Å². The zero-order valence-electron chi connectivity index (χ0n) is 22.1. The third-order valence-corrected chi connectivity index (χ3v) is 14.4. The van der Waals surface area contributed by atoms with Crippen LogP contribution in [-0.2, 0) is 15.2 Å². The van der Waals surface area contributed by atoms with Gasteiger partial charge in [0.25, 0.3) is 0 Å². The molecule has 4 aromatic rings. The van der Waals surface area contributed by atoms with Gasteiger partial charge in [-0.1, -0.05) is 212 Å². The molecule has 0 radical (unpaired) electrons. The van der Waals surface area contributed by atoms with Gasteiger partial charge in [-0.15, -0.1) is 0 Å². The Morgan fingerprint density at radius 3 is 0.727 bits per heavy atom. The van der Waals surface area contributed by atoms with E-state index in [1.807, 2.05) is 72.8 Å². The van der Waals surface area contributed by atoms with E-state index >= 15 is 0 Å². The highest BCUT2D eigenvalue weighted by Crippen LogP contribution is 2.47. The molecule has 0 nitrogen and oxygen atoms in total. The Hall–Kier alpha value is 1.22. The van der Waals surface area contributed by atoms with Crippen LogP contribution in [0.5, 0.6) is 0 Å². The molecule has 0 spiro atoms. The van der Waals surface area contributed by atoms with E-state index in [-0.39, 0.29) is 0 Å². The molecule has 0 atom stereocenters. The average Bonchev–Trinajstić information content (AvgIpc) is 2.94. The van der Waals surface area contributed by atoms with Crippen LogP contribution in [0.2, 0.25) is 0 Å². The molecule has 0 fully saturated rings. The van der Waals surface area contributed by atoms with Crippen molar-refractivity contribution in [2.45, 2.75) is 15.2 Å². The van der Waals surface area contributed by atoms with Crippen LogP contribution in [0.1, 0.15) is 22.3 Å². The molecule has 0 unspecified atom stereocenters. The van der Waals surface area contributed by atoms with E-state index in [0.29, 0.717) is 34.6 Å². The molecule has 0 aromatic heterocycles. The summed E-state index contributed by atoms with van der Waals surface area (Å²) < 4.78 is -6.40. The molecule has 0 bridgehead atoms. The predicted octanol–water partition coefficient (Wildman–Crippen LogP) is 12.6. The molecule has 0 N–H and O–H groups in total. The molecule has 0 amide bonds. The minimum atomic E-state index is -1.60. The number of hydrogen-bond donors (Lipinski definition) is 0. The summed E-state index contributed by atoms with van der Waals surface area (Å²) in [7, 11) is -2.09. The van der Waals surface area contributed by atoms with Gasteiger partial charge in [-0.2, -0.15) is 0 Å². The topological polar surface area (TPSA) is 0 Å². The molecule has 0 aliphatic rings. The Morgan fingerprint density at radius 2 is 0.545 bits per heavy atom. The molecule has 44 heavy (non-hydrogen) atoms. The lowest BCUT2D eigenvalue weighted by atomic mass is 10.2. The molecule has 234 valence electrons. The first-order chi connectivity index (χ1) is 20.3. The summed E-state index contributed by atoms with van der Waals surface area (Å²) in [6, 6.07) is 30.3. The predicted molar refractivity (Wildman–Crippen MR) is 205 cm³/mol. The smallest absolute Gasteiger partial charge is 0.0784 e. The van der Waals surface area contributed by atoms with E-state index in [2.05, 4.69) is 0 Å². The fourth-order valence-corrected chi connectivity index (χ4v) is 11.3. The van der Waals surface area contributed by atoms with Gasteiger partial charge in [-0.25, -0.2) is 0 Å². The van der Waals surface area contributed by atoms with Gasteiger partial charge >= 0.3 is 0 Å². The second kappa shape index (κ2) is 15.4. The van der Waals surface area contributed by atoms with Crippen molar-refractivity contribution in [1.29, 1.82) is 0 Å². The van der Waals surface area contributed by atoms with E-state index in [1.165, 1.54) is 0 Å². The van der Waals surface area contributed by atoms with Crippen molar-refractivity contribution >= 4 is 176 Å². The number of benzene rings is 4. The molecule has 0 saturated carbocycles. The van der Waals surface area contributed by atoms with Gasteiger partial charge in [0.05, 0.1) is 0 Å². The minimum Gasteiger partial charge on any atom is -0.0784 e. The third kappa shape index (κ3) is 10.4. The van der Waals surface area contributed by atoms with Crippen molar-refractivity contribution in [3.05, 3.63) is 119 Å². The number of rotatable bonds is 7. The highest BCUT2D eigenvalue weighted by Gasteiger charge is 2.30. The fourth-order valence-electron chi connectivity index (χ4n) is 4.42. The van der Waals surface area contributed by atoms with Gasteiger partial charge in [0.15, 0.2) is 0 Å². The highest BCUT2D eigenvalue weighted by atomic mass is 35.6. The molecule has 0 aliphatic carbocycles. The van der Waals surface area contributed by atoms with Crippen LogP contribution >= 0.6 is 155 Å². The first-order valence-electron chi connectivity index (χ1n) is 12.6. The summed E-state index contributed by atoms with van der Waals surface area (Å²) in [6.07, 6.45) is 1.42. The maximum atomic E-state index is 6.28. The van der Waals surface area contributed by atoms with Crippen LogP contribution in [0.25, 0.3) is 0 Å². The Kier molecular flexibility index (Phi) is 13.3. The quantitative estimate of drug-likeness (QED) is 0.128.